The molecule has 0 N–H and O–H groups in total. The van der Waals surface area contributed by atoms with E-state index in [4.69, 9.17) is 5.26 Å². The van der Waals surface area contributed by atoms with Gasteiger partial charge in [-0.25, -0.2) is 8.42 Å². The van der Waals surface area contributed by atoms with Crippen LogP contribution in [0.15, 0.2) is 35.2 Å². The molecule has 2 atom stereocenters. The highest BCUT2D eigenvalue weighted by atomic mass is 32.2. The number of hydrogen-bond acceptors (Lipinski definition) is 3. The van der Waals surface area contributed by atoms with Crippen molar-refractivity contribution in [3.8, 4) is 6.07 Å². The first kappa shape index (κ1) is 15.3. The Balaban J connectivity index is 2.42. The SMILES string of the molecule is C[Si](C)(C)CC1(S(=O)(=O)c2ccccc2)CC1CC#N. The molecular formula is C15H21NO2SSi. The van der Waals surface area contributed by atoms with Gasteiger partial charge in [-0.15, -0.1) is 0 Å². The van der Waals surface area contributed by atoms with Crippen molar-refractivity contribution in [2.24, 2.45) is 5.92 Å². The number of benzene rings is 1. The molecule has 0 aliphatic heterocycles. The minimum Gasteiger partial charge on any atom is -0.223 e. The highest BCUT2D eigenvalue weighted by molar-refractivity contribution is 7.93. The van der Waals surface area contributed by atoms with E-state index in [2.05, 4.69) is 25.7 Å². The van der Waals surface area contributed by atoms with Gasteiger partial charge in [-0.05, 0) is 30.5 Å². The third kappa shape index (κ3) is 2.68. The van der Waals surface area contributed by atoms with E-state index >= 15 is 0 Å². The van der Waals surface area contributed by atoms with Crippen molar-refractivity contribution in [2.45, 2.75) is 48.2 Å². The van der Waals surface area contributed by atoms with E-state index in [0.29, 0.717) is 17.7 Å². The molecule has 5 heteroatoms. The van der Waals surface area contributed by atoms with Gasteiger partial charge in [0.1, 0.15) is 0 Å². The lowest BCUT2D eigenvalue weighted by Gasteiger charge is -2.25. The molecule has 2 unspecified atom stereocenters. The number of hydrogen-bond donors (Lipinski definition) is 0. The average Bonchev–Trinajstić information content (AvgIpc) is 3.03. The summed E-state index contributed by atoms with van der Waals surface area (Å²) in [6.45, 7) is 6.57. The molecule has 2 rings (SSSR count). The van der Waals surface area contributed by atoms with E-state index in [0.717, 1.165) is 6.04 Å². The van der Waals surface area contributed by atoms with Crippen LogP contribution in [0.25, 0.3) is 0 Å². The maximum Gasteiger partial charge on any atom is 0.184 e. The lowest BCUT2D eigenvalue weighted by molar-refractivity contribution is 0.573. The summed E-state index contributed by atoms with van der Waals surface area (Å²) >= 11 is 0. The molecule has 0 radical (unpaired) electrons. The maximum absolute atomic E-state index is 13.0. The van der Waals surface area contributed by atoms with Gasteiger partial charge < -0.3 is 0 Å². The molecule has 0 bridgehead atoms. The lowest BCUT2D eigenvalue weighted by atomic mass is 10.2. The van der Waals surface area contributed by atoms with Crippen molar-refractivity contribution in [2.75, 3.05) is 0 Å². The smallest absolute Gasteiger partial charge is 0.184 e. The van der Waals surface area contributed by atoms with Crippen LogP contribution in [0.2, 0.25) is 25.7 Å². The molecule has 1 aromatic carbocycles. The zero-order chi connectivity index (χ0) is 15.0. The molecule has 0 saturated heterocycles. The number of nitriles is 1. The zero-order valence-electron chi connectivity index (χ0n) is 12.3. The second-order valence-electron chi connectivity index (χ2n) is 6.88. The molecule has 0 aromatic heterocycles. The summed E-state index contributed by atoms with van der Waals surface area (Å²) in [5.41, 5.74) is 0. The Bertz CT molecular complexity index is 628. The van der Waals surface area contributed by atoms with E-state index in [1.165, 1.54) is 0 Å². The zero-order valence-corrected chi connectivity index (χ0v) is 14.1. The summed E-state index contributed by atoms with van der Waals surface area (Å²) in [7, 11) is -4.88. The fraction of sp³-hybridized carbons (Fsp3) is 0.533. The van der Waals surface area contributed by atoms with E-state index in [-0.39, 0.29) is 5.92 Å². The average molecular weight is 307 g/mol. The van der Waals surface area contributed by atoms with Gasteiger partial charge in [-0.3, -0.25) is 0 Å². The number of nitrogens with zero attached hydrogens (tertiary/aromatic N) is 1. The van der Waals surface area contributed by atoms with Crippen LogP contribution >= 0.6 is 0 Å². The maximum atomic E-state index is 13.0. The van der Waals surface area contributed by atoms with Gasteiger partial charge in [-0.2, -0.15) is 5.26 Å². The predicted molar refractivity (Wildman–Crippen MR) is 82.8 cm³/mol. The fourth-order valence-electron chi connectivity index (χ4n) is 3.10. The molecule has 1 aliphatic rings. The summed E-state index contributed by atoms with van der Waals surface area (Å²) in [6.07, 6.45) is 0.985. The summed E-state index contributed by atoms with van der Waals surface area (Å²) in [6, 6.07) is 11.6. The van der Waals surface area contributed by atoms with Gasteiger partial charge in [-0.1, -0.05) is 37.8 Å². The van der Waals surface area contributed by atoms with Crippen LogP contribution in [0.3, 0.4) is 0 Å². The van der Waals surface area contributed by atoms with E-state index in [1.807, 2.05) is 6.07 Å². The van der Waals surface area contributed by atoms with Crippen LogP contribution in [0.4, 0.5) is 0 Å². The normalized spacial score (nSPS) is 26.0. The van der Waals surface area contributed by atoms with Crippen molar-refractivity contribution in [3.05, 3.63) is 30.3 Å². The van der Waals surface area contributed by atoms with Crippen molar-refractivity contribution in [1.29, 1.82) is 5.26 Å². The van der Waals surface area contributed by atoms with E-state index in [1.54, 1.807) is 24.3 Å². The van der Waals surface area contributed by atoms with Gasteiger partial charge in [0.05, 0.1) is 15.7 Å². The van der Waals surface area contributed by atoms with Gasteiger partial charge in [0.15, 0.2) is 9.84 Å². The van der Waals surface area contributed by atoms with E-state index < -0.39 is 22.7 Å². The Morgan fingerprint density at radius 3 is 2.40 bits per heavy atom. The molecule has 1 aromatic rings. The lowest BCUT2D eigenvalue weighted by Crippen LogP contribution is -2.35. The Hall–Kier alpha value is -1.12. The summed E-state index contributed by atoms with van der Waals surface area (Å²) in [4.78, 5) is 0.402. The Morgan fingerprint density at radius 2 is 1.90 bits per heavy atom. The van der Waals surface area contributed by atoms with Crippen LogP contribution in [-0.2, 0) is 9.84 Å². The molecule has 0 amide bonds. The first-order chi connectivity index (χ1) is 9.23. The molecule has 1 saturated carbocycles. The van der Waals surface area contributed by atoms with Gasteiger partial charge >= 0.3 is 0 Å². The number of rotatable bonds is 5. The van der Waals surface area contributed by atoms with E-state index in [9.17, 15) is 8.42 Å². The fourth-order valence-corrected chi connectivity index (χ4v) is 9.31. The van der Waals surface area contributed by atoms with Crippen molar-refractivity contribution >= 4 is 17.9 Å². The summed E-state index contributed by atoms with van der Waals surface area (Å²) in [5.74, 6) is 0.00410. The second-order valence-corrected chi connectivity index (χ2v) is 14.6. The van der Waals surface area contributed by atoms with Crippen LogP contribution in [0.5, 0.6) is 0 Å². The molecule has 0 spiro atoms. The van der Waals surface area contributed by atoms with Crippen molar-refractivity contribution < 1.29 is 8.42 Å². The van der Waals surface area contributed by atoms with Gasteiger partial charge in [0, 0.05) is 14.5 Å². The molecule has 3 nitrogen and oxygen atoms in total. The molecule has 1 aliphatic carbocycles. The summed E-state index contributed by atoms with van der Waals surface area (Å²) < 4.78 is 25.3. The van der Waals surface area contributed by atoms with Crippen LogP contribution < -0.4 is 0 Å². The topological polar surface area (TPSA) is 57.9 Å². The highest BCUT2D eigenvalue weighted by Gasteiger charge is 2.64. The minimum absolute atomic E-state index is 0.00410. The summed E-state index contributed by atoms with van der Waals surface area (Å²) in [5, 5.41) is 8.91. The Morgan fingerprint density at radius 1 is 1.30 bits per heavy atom. The standard InChI is InChI=1S/C15H21NO2SSi/c1-20(2,3)12-15(11-13(15)9-10-16)19(17,18)14-7-5-4-6-8-14/h4-8,13H,9,11-12H2,1-3H3. The van der Waals surface area contributed by atoms with Gasteiger partial charge in [0.25, 0.3) is 0 Å². The molecule has 108 valence electrons. The minimum atomic E-state index is -3.35. The third-order valence-corrected chi connectivity index (χ3v) is 8.49. The van der Waals surface area contributed by atoms with Gasteiger partial charge in [0.2, 0.25) is 0 Å². The van der Waals surface area contributed by atoms with Crippen molar-refractivity contribution in [1.82, 2.24) is 0 Å². The Kier molecular flexibility index (Phi) is 3.83. The second kappa shape index (κ2) is 5.01. The Labute approximate surface area is 122 Å². The van der Waals surface area contributed by atoms with Crippen LogP contribution in [0, 0.1) is 17.2 Å². The first-order valence-corrected chi connectivity index (χ1v) is 12.1. The quantitative estimate of drug-likeness (QED) is 0.783. The molecular weight excluding hydrogens is 286 g/mol. The third-order valence-electron chi connectivity index (χ3n) is 3.93. The number of sulfone groups is 1. The largest absolute Gasteiger partial charge is 0.223 e. The molecule has 0 heterocycles. The predicted octanol–water partition coefficient (Wildman–Crippen LogP) is 3.47. The van der Waals surface area contributed by atoms with Crippen LogP contribution in [0.1, 0.15) is 12.8 Å². The van der Waals surface area contributed by atoms with Crippen molar-refractivity contribution in [3.63, 3.8) is 0 Å². The monoisotopic (exact) mass is 307 g/mol. The molecule has 1 fully saturated rings. The first-order valence-electron chi connectivity index (χ1n) is 6.90. The highest BCUT2D eigenvalue weighted by Crippen LogP contribution is 2.58. The molecule has 20 heavy (non-hydrogen) atoms. The van der Waals surface area contributed by atoms with Crippen LogP contribution in [-0.4, -0.2) is 21.2 Å².